The van der Waals surface area contributed by atoms with Gasteiger partial charge in [-0.2, -0.15) is 0 Å². The lowest BCUT2D eigenvalue weighted by atomic mass is 9.94. The molecule has 0 radical (unpaired) electrons. The molecule has 0 heterocycles. The summed E-state index contributed by atoms with van der Waals surface area (Å²) < 4.78 is 0. The lowest BCUT2D eigenvalue weighted by Gasteiger charge is -2.29. The second-order valence-electron chi connectivity index (χ2n) is 4.95. The Morgan fingerprint density at radius 2 is 2.11 bits per heavy atom. The SMILES string of the molecule is CCC(C)(CCO)NCCc1ccccc1[N+](=O)[O-]. The number of benzene rings is 1. The standard InChI is InChI=1S/C14H22N2O3/c1-3-14(2,9-11-17)15-10-8-12-6-4-5-7-13(12)16(18)19/h4-7,15,17H,3,8-11H2,1-2H3. The quantitative estimate of drug-likeness (QED) is 0.559. The first-order valence-corrected chi connectivity index (χ1v) is 6.60. The molecule has 0 aliphatic carbocycles. The molecule has 0 saturated heterocycles. The van der Waals surface area contributed by atoms with E-state index >= 15 is 0 Å². The molecule has 0 bridgehead atoms. The van der Waals surface area contributed by atoms with E-state index in [1.807, 2.05) is 6.07 Å². The molecule has 0 aliphatic heterocycles. The van der Waals surface area contributed by atoms with Gasteiger partial charge in [0, 0.05) is 23.8 Å². The third-order valence-electron chi connectivity index (χ3n) is 3.58. The maximum atomic E-state index is 10.9. The Kier molecular flexibility index (Phi) is 5.92. The van der Waals surface area contributed by atoms with Gasteiger partial charge in [-0.3, -0.25) is 10.1 Å². The van der Waals surface area contributed by atoms with Crippen LogP contribution in [0.5, 0.6) is 0 Å². The van der Waals surface area contributed by atoms with E-state index in [2.05, 4.69) is 19.2 Å². The molecule has 1 aromatic rings. The van der Waals surface area contributed by atoms with Crippen LogP contribution in [0.25, 0.3) is 0 Å². The highest BCUT2D eigenvalue weighted by Gasteiger charge is 2.20. The Labute approximate surface area is 113 Å². The van der Waals surface area contributed by atoms with Crippen LogP contribution in [-0.4, -0.2) is 28.7 Å². The minimum atomic E-state index is -0.345. The molecule has 0 aromatic heterocycles. The number of aliphatic hydroxyl groups is 1. The first kappa shape index (κ1) is 15.6. The van der Waals surface area contributed by atoms with Gasteiger partial charge < -0.3 is 10.4 Å². The molecule has 5 heteroatoms. The number of rotatable bonds is 8. The molecule has 0 saturated carbocycles. The summed E-state index contributed by atoms with van der Waals surface area (Å²) in [5.74, 6) is 0. The van der Waals surface area contributed by atoms with E-state index in [0.717, 1.165) is 12.0 Å². The molecular weight excluding hydrogens is 244 g/mol. The van der Waals surface area contributed by atoms with Crippen molar-refractivity contribution < 1.29 is 10.0 Å². The van der Waals surface area contributed by atoms with Gasteiger partial charge in [-0.05, 0) is 32.7 Å². The van der Waals surface area contributed by atoms with Crippen molar-refractivity contribution in [2.75, 3.05) is 13.2 Å². The van der Waals surface area contributed by atoms with Gasteiger partial charge in [-0.15, -0.1) is 0 Å². The van der Waals surface area contributed by atoms with Gasteiger partial charge in [0.2, 0.25) is 0 Å². The molecule has 1 aromatic carbocycles. The van der Waals surface area contributed by atoms with Crippen LogP contribution in [0.1, 0.15) is 32.3 Å². The molecule has 0 amide bonds. The van der Waals surface area contributed by atoms with Crippen molar-refractivity contribution in [1.29, 1.82) is 0 Å². The third kappa shape index (κ3) is 4.61. The molecule has 2 N–H and O–H groups in total. The molecule has 0 spiro atoms. The number of para-hydroxylation sites is 1. The number of nitro benzene ring substituents is 1. The Morgan fingerprint density at radius 1 is 1.42 bits per heavy atom. The largest absolute Gasteiger partial charge is 0.396 e. The summed E-state index contributed by atoms with van der Waals surface area (Å²) in [5.41, 5.74) is 0.797. The van der Waals surface area contributed by atoms with Gasteiger partial charge in [0.1, 0.15) is 0 Å². The first-order chi connectivity index (χ1) is 9.02. The van der Waals surface area contributed by atoms with Crippen LogP contribution in [0.2, 0.25) is 0 Å². The van der Waals surface area contributed by atoms with Crippen molar-refractivity contribution in [3.63, 3.8) is 0 Å². The first-order valence-electron chi connectivity index (χ1n) is 6.60. The molecule has 0 aliphatic rings. The molecule has 1 unspecified atom stereocenters. The zero-order valence-electron chi connectivity index (χ0n) is 11.6. The Morgan fingerprint density at radius 3 is 2.68 bits per heavy atom. The topological polar surface area (TPSA) is 75.4 Å². The van der Waals surface area contributed by atoms with E-state index < -0.39 is 0 Å². The molecule has 19 heavy (non-hydrogen) atoms. The van der Waals surface area contributed by atoms with Gasteiger partial charge in [-0.1, -0.05) is 25.1 Å². The van der Waals surface area contributed by atoms with Crippen LogP contribution in [0.4, 0.5) is 5.69 Å². The van der Waals surface area contributed by atoms with Crippen molar-refractivity contribution in [2.24, 2.45) is 0 Å². The second-order valence-corrected chi connectivity index (χ2v) is 4.95. The van der Waals surface area contributed by atoms with E-state index in [0.29, 0.717) is 19.4 Å². The van der Waals surface area contributed by atoms with Crippen LogP contribution < -0.4 is 5.32 Å². The van der Waals surface area contributed by atoms with Gasteiger partial charge in [-0.25, -0.2) is 0 Å². The normalized spacial score (nSPS) is 14.1. The van der Waals surface area contributed by atoms with Gasteiger partial charge >= 0.3 is 0 Å². The summed E-state index contributed by atoms with van der Waals surface area (Å²) in [7, 11) is 0. The Bertz CT molecular complexity index is 423. The van der Waals surface area contributed by atoms with Crippen molar-refractivity contribution in [1.82, 2.24) is 5.32 Å². The third-order valence-corrected chi connectivity index (χ3v) is 3.58. The predicted molar refractivity (Wildman–Crippen MR) is 75.2 cm³/mol. The zero-order chi connectivity index (χ0) is 14.3. The smallest absolute Gasteiger partial charge is 0.272 e. The number of nitrogens with zero attached hydrogens (tertiary/aromatic N) is 1. The number of hydrogen-bond donors (Lipinski definition) is 2. The minimum Gasteiger partial charge on any atom is -0.396 e. The zero-order valence-corrected chi connectivity index (χ0v) is 11.6. The van der Waals surface area contributed by atoms with Crippen LogP contribution in [-0.2, 0) is 6.42 Å². The van der Waals surface area contributed by atoms with Gasteiger partial charge in [0.05, 0.1) is 4.92 Å². The summed E-state index contributed by atoms with van der Waals surface area (Å²) in [6, 6.07) is 6.81. The average molecular weight is 266 g/mol. The number of nitrogens with one attached hydrogen (secondary N) is 1. The van der Waals surface area contributed by atoms with E-state index in [-0.39, 0.29) is 22.8 Å². The van der Waals surface area contributed by atoms with Crippen LogP contribution in [0, 0.1) is 10.1 Å². The monoisotopic (exact) mass is 266 g/mol. The molecule has 1 rings (SSSR count). The van der Waals surface area contributed by atoms with E-state index in [4.69, 9.17) is 5.11 Å². The molecule has 0 fully saturated rings. The summed E-state index contributed by atoms with van der Waals surface area (Å²) in [6.45, 7) is 4.92. The predicted octanol–water partition coefficient (Wildman–Crippen LogP) is 2.28. The second kappa shape index (κ2) is 7.21. The summed E-state index contributed by atoms with van der Waals surface area (Å²) in [6.07, 6.45) is 2.20. The fraction of sp³-hybridized carbons (Fsp3) is 0.571. The van der Waals surface area contributed by atoms with Gasteiger partial charge in [0.15, 0.2) is 0 Å². The highest BCUT2D eigenvalue weighted by Crippen LogP contribution is 2.19. The summed E-state index contributed by atoms with van der Waals surface area (Å²) in [5, 5.41) is 23.3. The Balaban J connectivity index is 2.60. The van der Waals surface area contributed by atoms with E-state index in [1.54, 1.807) is 12.1 Å². The van der Waals surface area contributed by atoms with E-state index in [1.165, 1.54) is 6.07 Å². The summed E-state index contributed by atoms with van der Waals surface area (Å²) in [4.78, 5) is 10.5. The van der Waals surface area contributed by atoms with Crippen molar-refractivity contribution in [3.05, 3.63) is 39.9 Å². The van der Waals surface area contributed by atoms with E-state index in [9.17, 15) is 10.1 Å². The average Bonchev–Trinajstić information content (AvgIpc) is 2.39. The Hall–Kier alpha value is -1.46. The lowest BCUT2D eigenvalue weighted by Crippen LogP contribution is -2.43. The number of aliphatic hydroxyl groups excluding tert-OH is 1. The fourth-order valence-electron chi connectivity index (χ4n) is 2.04. The van der Waals surface area contributed by atoms with Crippen LogP contribution in [0.15, 0.2) is 24.3 Å². The maximum absolute atomic E-state index is 10.9. The molecule has 106 valence electrons. The lowest BCUT2D eigenvalue weighted by molar-refractivity contribution is -0.385. The number of nitro groups is 1. The molecule has 1 atom stereocenters. The minimum absolute atomic E-state index is 0.113. The maximum Gasteiger partial charge on any atom is 0.272 e. The molecular formula is C14H22N2O3. The summed E-state index contributed by atoms with van der Waals surface area (Å²) >= 11 is 0. The highest BCUT2D eigenvalue weighted by atomic mass is 16.6. The van der Waals surface area contributed by atoms with Crippen LogP contribution >= 0.6 is 0 Å². The van der Waals surface area contributed by atoms with Crippen molar-refractivity contribution >= 4 is 5.69 Å². The van der Waals surface area contributed by atoms with Crippen molar-refractivity contribution in [2.45, 2.75) is 38.6 Å². The highest BCUT2D eigenvalue weighted by molar-refractivity contribution is 5.39. The van der Waals surface area contributed by atoms with Gasteiger partial charge in [0.25, 0.3) is 5.69 Å². The van der Waals surface area contributed by atoms with Crippen molar-refractivity contribution in [3.8, 4) is 0 Å². The number of hydrogen-bond acceptors (Lipinski definition) is 4. The molecule has 5 nitrogen and oxygen atoms in total. The fourth-order valence-corrected chi connectivity index (χ4v) is 2.04. The van der Waals surface area contributed by atoms with Crippen LogP contribution in [0.3, 0.4) is 0 Å².